The third-order valence-corrected chi connectivity index (χ3v) is 11.3. The highest BCUT2D eigenvalue weighted by Crippen LogP contribution is 2.15. The van der Waals surface area contributed by atoms with Gasteiger partial charge in [0.05, 0.1) is 18.8 Å². The van der Waals surface area contributed by atoms with Crippen LogP contribution in [-0.2, 0) is 4.79 Å². The van der Waals surface area contributed by atoms with E-state index in [9.17, 15) is 15.0 Å². The zero-order chi connectivity index (χ0) is 40.7. The Kier molecular flexibility index (Phi) is 46.3. The van der Waals surface area contributed by atoms with Crippen LogP contribution in [-0.4, -0.2) is 34.9 Å². The number of carbonyl (C=O) groups is 1. The molecule has 56 heavy (non-hydrogen) atoms. The van der Waals surface area contributed by atoms with E-state index in [-0.39, 0.29) is 12.5 Å². The number of allylic oxidation sites excluding steroid dienone is 7. The number of aliphatic hydroxyl groups is 2. The van der Waals surface area contributed by atoms with Crippen molar-refractivity contribution in [3.05, 3.63) is 48.6 Å². The second kappa shape index (κ2) is 47.7. The van der Waals surface area contributed by atoms with Gasteiger partial charge in [0, 0.05) is 6.42 Å². The summed E-state index contributed by atoms with van der Waals surface area (Å²) in [7, 11) is 0. The van der Waals surface area contributed by atoms with Gasteiger partial charge >= 0.3 is 0 Å². The smallest absolute Gasteiger partial charge is 0.220 e. The van der Waals surface area contributed by atoms with Gasteiger partial charge in [0.2, 0.25) is 5.91 Å². The molecule has 0 fully saturated rings. The fraction of sp³-hybridized carbons (Fsp3) is 0.827. The Morgan fingerprint density at radius 2 is 0.696 bits per heavy atom. The van der Waals surface area contributed by atoms with Crippen molar-refractivity contribution in [3.63, 3.8) is 0 Å². The molecule has 0 aliphatic rings. The highest BCUT2D eigenvalue weighted by atomic mass is 16.3. The minimum Gasteiger partial charge on any atom is -0.394 e. The number of rotatable bonds is 45. The number of carbonyl (C=O) groups excluding carboxylic acids is 1. The molecule has 0 bridgehead atoms. The summed E-state index contributed by atoms with van der Waals surface area (Å²) in [4.78, 5) is 12.4. The molecule has 328 valence electrons. The van der Waals surface area contributed by atoms with E-state index in [4.69, 9.17) is 0 Å². The predicted molar refractivity (Wildman–Crippen MR) is 248 cm³/mol. The second-order valence-electron chi connectivity index (χ2n) is 16.9. The Balaban J connectivity index is 3.60. The van der Waals surface area contributed by atoms with Crippen LogP contribution < -0.4 is 5.32 Å². The van der Waals surface area contributed by atoms with Crippen molar-refractivity contribution in [3.8, 4) is 0 Å². The molecule has 1 amide bonds. The molecule has 0 radical (unpaired) electrons. The maximum atomic E-state index is 12.4. The topological polar surface area (TPSA) is 69.6 Å². The van der Waals surface area contributed by atoms with Crippen molar-refractivity contribution in [2.45, 2.75) is 270 Å². The van der Waals surface area contributed by atoms with E-state index in [1.807, 2.05) is 6.08 Å². The van der Waals surface area contributed by atoms with E-state index >= 15 is 0 Å². The molecule has 0 aromatic heterocycles. The molecular weight excluding hydrogens is 687 g/mol. The Bertz CT molecular complexity index is 893. The summed E-state index contributed by atoms with van der Waals surface area (Å²) in [5.41, 5.74) is 0. The zero-order valence-electron chi connectivity index (χ0n) is 37.7. The van der Waals surface area contributed by atoms with Gasteiger partial charge in [-0.25, -0.2) is 0 Å². The first-order valence-corrected chi connectivity index (χ1v) is 24.9. The normalized spacial score (nSPS) is 13.3. The fourth-order valence-electron chi connectivity index (χ4n) is 7.44. The van der Waals surface area contributed by atoms with E-state index in [1.165, 1.54) is 199 Å². The number of amides is 1. The maximum Gasteiger partial charge on any atom is 0.220 e. The van der Waals surface area contributed by atoms with Crippen LogP contribution in [0.4, 0.5) is 0 Å². The number of hydrogen-bond donors (Lipinski definition) is 3. The van der Waals surface area contributed by atoms with E-state index in [2.05, 4.69) is 55.6 Å². The fourth-order valence-corrected chi connectivity index (χ4v) is 7.44. The van der Waals surface area contributed by atoms with Crippen LogP contribution in [0.1, 0.15) is 258 Å². The summed E-state index contributed by atoms with van der Waals surface area (Å²) in [5, 5.41) is 23.1. The van der Waals surface area contributed by atoms with E-state index < -0.39 is 12.1 Å². The quantitative estimate of drug-likeness (QED) is 0.0425. The van der Waals surface area contributed by atoms with Crippen molar-refractivity contribution < 1.29 is 15.0 Å². The lowest BCUT2D eigenvalue weighted by Crippen LogP contribution is -2.45. The Morgan fingerprint density at radius 1 is 0.411 bits per heavy atom. The van der Waals surface area contributed by atoms with Crippen LogP contribution in [0.3, 0.4) is 0 Å². The van der Waals surface area contributed by atoms with Crippen molar-refractivity contribution in [2.24, 2.45) is 0 Å². The molecule has 4 nitrogen and oxygen atoms in total. The summed E-state index contributed by atoms with van der Waals surface area (Å²) in [6, 6.07) is -0.647. The van der Waals surface area contributed by atoms with Gasteiger partial charge in [0.15, 0.2) is 0 Å². The summed E-state index contributed by atoms with van der Waals surface area (Å²) in [6.07, 6.45) is 65.3. The molecule has 0 heterocycles. The predicted octanol–water partition coefficient (Wildman–Crippen LogP) is 15.9. The summed E-state index contributed by atoms with van der Waals surface area (Å²) in [6.45, 7) is 4.30. The molecule has 4 heteroatoms. The van der Waals surface area contributed by atoms with Crippen molar-refractivity contribution in [1.29, 1.82) is 0 Å². The van der Waals surface area contributed by atoms with Crippen molar-refractivity contribution in [2.75, 3.05) is 6.61 Å². The number of hydrogen-bond acceptors (Lipinski definition) is 3. The molecule has 0 spiro atoms. The van der Waals surface area contributed by atoms with Crippen LogP contribution in [0.5, 0.6) is 0 Å². The minimum atomic E-state index is -0.872. The minimum absolute atomic E-state index is 0.0793. The molecule has 0 saturated carbocycles. The van der Waals surface area contributed by atoms with Gasteiger partial charge in [-0.2, -0.15) is 0 Å². The van der Waals surface area contributed by atoms with Crippen LogP contribution in [0.25, 0.3) is 0 Å². The zero-order valence-corrected chi connectivity index (χ0v) is 37.7. The molecule has 0 saturated heterocycles. The first-order valence-electron chi connectivity index (χ1n) is 24.9. The summed E-state index contributed by atoms with van der Waals surface area (Å²) >= 11 is 0. The monoisotopic (exact) mass is 784 g/mol. The molecule has 0 aromatic carbocycles. The molecule has 2 unspecified atom stereocenters. The summed E-state index contributed by atoms with van der Waals surface area (Å²) < 4.78 is 0. The van der Waals surface area contributed by atoms with Gasteiger partial charge in [0.1, 0.15) is 0 Å². The Labute approximate surface area is 350 Å². The van der Waals surface area contributed by atoms with Gasteiger partial charge < -0.3 is 15.5 Å². The average molecular weight is 784 g/mol. The lowest BCUT2D eigenvalue weighted by Gasteiger charge is -2.19. The standard InChI is InChI=1S/C52H97NO3/c1-3-5-7-9-11-13-15-17-19-21-23-24-25-26-27-28-30-31-33-35-37-39-41-43-45-47-51(55)50(49-54)53-52(56)48-46-44-42-40-38-36-34-32-29-22-20-18-16-14-12-10-8-6-4-2/h18,20,30-31,37,39,45,47,50-51,54-55H,3-17,19,21-29,32-36,38,40-44,46,48-49H2,1-2H3,(H,53,56)/b20-18-,31-30+,39-37+,47-45+. The van der Waals surface area contributed by atoms with Crippen LogP contribution in [0.15, 0.2) is 48.6 Å². The van der Waals surface area contributed by atoms with Crippen molar-refractivity contribution >= 4 is 5.91 Å². The molecule has 0 aliphatic heterocycles. The van der Waals surface area contributed by atoms with Gasteiger partial charge in [-0.3, -0.25) is 4.79 Å². The van der Waals surface area contributed by atoms with Crippen molar-refractivity contribution in [1.82, 2.24) is 5.32 Å². The first kappa shape index (κ1) is 54.3. The molecule has 2 atom stereocenters. The molecule has 0 aliphatic carbocycles. The Hall–Kier alpha value is -1.65. The number of unbranched alkanes of at least 4 members (excludes halogenated alkanes) is 32. The third kappa shape index (κ3) is 43.5. The van der Waals surface area contributed by atoms with E-state index in [0.717, 1.165) is 38.5 Å². The van der Waals surface area contributed by atoms with Crippen LogP contribution in [0.2, 0.25) is 0 Å². The Morgan fingerprint density at radius 3 is 1.04 bits per heavy atom. The number of aliphatic hydroxyl groups excluding tert-OH is 2. The van der Waals surface area contributed by atoms with Gasteiger partial charge in [-0.15, -0.1) is 0 Å². The lowest BCUT2D eigenvalue weighted by molar-refractivity contribution is -0.123. The van der Waals surface area contributed by atoms with Crippen LogP contribution >= 0.6 is 0 Å². The second-order valence-corrected chi connectivity index (χ2v) is 16.9. The van der Waals surface area contributed by atoms with Gasteiger partial charge in [-0.05, 0) is 70.6 Å². The van der Waals surface area contributed by atoms with Crippen LogP contribution in [0, 0.1) is 0 Å². The van der Waals surface area contributed by atoms with E-state index in [0.29, 0.717) is 6.42 Å². The molecule has 0 aromatic rings. The molecular formula is C52H97NO3. The largest absolute Gasteiger partial charge is 0.394 e. The third-order valence-electron chi connectivity index (χ3n) is 11.3. The molecule has 0 rings (SSSR count). The number of nitrogens with one attached hydrogen (secondary N) is 1. The average Bonchev–Trinajstić information content (AvgIpc) is 3.20. The SMILES string of the molecule is CCCCCCCC/C=C\CCCCCCCCCCCC(=O)NC(CO)C(O)/C=C/CC/C=C/CC/C=C/CCCCCCCCCCCCCCCCC. The maximum absolute atomic E-state index is 12.4. The van der Waals surface area contributed by atoms with Gasteiger partial charge in [-0.1, -0.05) is 229 Å². The van der Waals surface area contributed by atoms with E-state index in [1.54, 1.807) is 6.08 Å². The highest BCUT2D eigenvalue weighted by molar-refractivity contribution is 5.76. The highest BCUT2D eigenvalue weighted by Gasteiger charge is 2.17. The molecule has 3 N–H and O–H groups in total. The summed E-state index contributed by atoms with van der Waals surface area (Å²) in [5.74, 6) is -0.0793. The van der Waals surface area contributed by atoms with Gasteiger partial charge in [0.25, 0.3) is 0 Å². The lowest BCUT2D eigenvalue weighted by atomic mass is 10.0. The first-order chi connectivity index (χ1) is 27.7.